The van der Waals surface area contributed by atoms with Gasteiger partial charge in [0.1, 0.15) is 0 Å². The predicted molar refractivity (Wildman–Crippen MR) is 93.1 cm³/mol. The highest BCUT2D eigenvalue weighted by Crippen LogP contribution is 2.55. The second kappa shape index (κ2) is 5.38. The maximum Gasteiger partial charge on any atom is -0.00320 e. The second-order valence-corrected chi connectivity index (χ2v) is 7.80. The van der Waals surface area contributed by atoms with E-state index in [1.54, 1.807) is 11.1 Å². The van der Waals surface area contributed by atoms with Crippen LogP contribution in [0.5, 0.6) is 0 Å². The summed E-state index contributed by atoms with van der Waals surface area (Å²) in [6.07, 6.45) is 12.1. The van der Waals surface area contributed by atoms with Crippen LogP contribution in [-0.2, 0) is 5.41 Å². The van der Waals surface area contributed by atoms with Crippen molar-refractivity contribution in [3.63, 3.8) is 0 Å². The zero-order chi connectivity index (χ0) is 15.2. The largest absolute Gasteiger partial charge is 0.317 e. The molecule has 1 aromatic carbocycles. The minimum absolute atomic E-state index is 0.228. The Hall–Kier alpha value is -1.34. The number of hydrogen-bond donors (Lipinski definition) is 1. The summed E-state index contributed by atoms with van der Waals surface area (Å²) in [6, 6.07) is 9.26. The van der Waals surface area contributed by atoms with E-state index < -0.39 is 0 Å². The summed E-state index contributed by atoms with van der Waals surface area (Å²) in [5.41, 5.74) is 3.44. The van der Waals surface area contributed by atoms with E-state index in [4.69, 9.17) is 0 Å². The lowest BCUT2D eigenvalue weighted by atomic mass is 9.53. The van der Waals surface area contributed by atoms with Crippen LogP contribution in [0.1, 0.15) is 43.7 Å². The van der Waals surface area contributed by atoms with Crippen molar-refractivity contribution >= 4 is 0 Å². The minimum Gasteiger partial charge on any atom is -0.317 e. The van der Waals surface area contributed by atoms with Crippen molar-refractivity contribution in [1.82, 2.24) is 5.32 Å². The molecule has 1 heteroatoms. The third-order valence-corrected chi connectivity index (χ3v) is 6.33. The standard InChI is InChI=1S/C21H27N/c1-21(2)18-9-5-3-7-16(18)20(15-11-13-22-14-12-15)17-8-4-6-10-19(17)21/h3-10,15-16,18,20,22H,11-14H2,1-2H3. The Balaban J connectivity index is 1.84. The van der Waals surface area contributed by atoms with Crippen LogP contribution in [0.25, 0.3) is 0 Å². The number of fused-ring (bicyclic) bond motifs is 2. The first-order valence-electron chi connectivity index (χ1n) is 8.84. The zero-order valence-electron chi connectivity index (χ0n) is 13.8. The van der Waals surface area contributed by atoms with Gasteiger partial charge in [0.2, 0.25) is 0 Å². The van der Waals surface area contributed by atoms with E-state index >= 15 is 0 Å². The maximum atomic E-state index is 3.53. The quantitative estimate of drug-likeness (QED) is 0.808. The number of benzene rings is 1. The van der Waals surface area contributed by atoms with Crippen molar-refractivity contribution in [2.24, 2.45) is 17.8 Å². The Morgan fingerprint density at radius 1 is 1.00 bits per heavy atom. The molecule has 1 aromatic rings. The Bertz CT molecular complexity index is 604. The molecule has 0 amide bonds. The number of allylic oxidation sites excluding steroid dienone is 4. The molecule has 0 bridgehead atoms. The Morgan fingerprint density at radius 2 is 1.73 bits per heavy atom. The van der Waals surface area contributed by atoms with Gasteiger partial charge in [-0.05, 0) is 66.1 Å². The average Bonchev–Trinajstić information content (AvgIpc) is 2.56. The van der Waals surface area contributed by atoms with E-state index in [2.05, 4.69) is 67.7 Å². The summed E-state index contributed by atoms with van der Waals surface area (Å²) in [5.74, 6) is 2.81. The van der Waals surface area contributed by atoms with Gasteiger partial charge in [-0.3, -0.25) is 0 Å². The molecular weight excluding hydrogens is 266 g/mol. The zero-order valence-corrected chi connectivity index (χ0v) is 13.8. The minimum atomic E-state index is 0.228. The van der Waals surface area contributed by atoms with Crippen molar-refractivity contribution in [1.29, 1.82) is 0 Å². The highest BCUT2D eigenvalue weighted by molar-refractivity contribution is 5.44. The van der Waals surface area contributed by atoms with Gasteiger partial charge in [-0.15, -0.1) is 0 Å². The predicted octanol–water partition coefficient (Wildman–Crippen LogP) is 4.42. The summed E-state index contributed by atoms with van der Waals surface area (Å²) >= 11 is 0. The van der Waals surface area contributed by atoms with E-state index in [0.717, 1.165) is 5.92 Å². The molecule has 3 unspecified atom stereocenters. The van der Waals surface area contributed by atoms with Crippen molar-refractivity contribution in [3.8, 4) is 0 Å². The Kier molecular flexibility index (Phi) is 3.49. The topological polar surface area (TPSA) is 12.0 Å². The van der Waals surface area contributed by atoms with Gasteiger partial charge >= 0.3 is 0 Å². The summed E-state index contributed by atoms with van der Waals surface area (Å²) in [4.78, 5) is 0. The normalized spacial score (nSPS) is 33.3. The van der Waals surface area contributed by atoms with E-state index in [-0.39, 0.29) is 5.41 Å². The molecule has 1 aliphatic heterocycles. The van der Waals surface area contributed by atoms with Crippen molar-refractivity contribution in [3.05, 3.63) is 59.7 Å². The van der Waals surface area contributed by atoms with Crippen molar-refractivity contribution in [2.75, 3.05) is 13.1 Å². The van der Waals surface area contributed by atoms with Gasteiger partial charge in [0.25, 0.3) is 0 Å². The highest BCUT2D eigenvalue weighted by Gasteiger charge is 2.47. The molecule has 116 valence electrons. The van der Waals surface area contributed by atoms with E-state index in [1.165, 1.54) is 25.9 Å². The molecule has 22 heavy (non-hydrogen) atoms. The second-order valence-electron chi connectivity index (χ2n) is 7.80. The van der Waals surface area contributed by atoms with Crippen molar-refractivity contribution < 1.29 is 0 Å². The van der Waals surface area contributed by atoms with Crippen LogP contribution in [0.15, 0.2) is 48.6 Å². The molecule has 4 rings (SSSR count). The smallest absolute Gasteiger partial charge is 0.00320 e. The van der Waals surface area contributed by atoms with Gasteiger partial charge in [0.15, 0.2) is 0 Å². The van der Waals surface area contributed by atoms with E-state index in [0.29, 0.717) is 17.8 Å². The first kappa shape index (κ1) is 14.3. The van der Waals surface area contributed by atoms with Gasteiger partial charge < -0.3 is 5.32 Å². The Morgan fingerprint density at radius 3 is 2.55 bits per heavy atom. The summed E-state index contributed by atoms with van der Waals surface area (Å²) in [5, 5.41) is 3.53. The highest BCUT2D eigenvalue weighted by atomic mass is 14.9. The SMILES string of the molecule is CC1(C)c2ccccc2C(C2CCNCC2)C2C=CC=CC21. The molecule has 1 N–H and O–H groups in total. The first-order valence-corrected chi connectivity index (χ1v) is 8.84. The molecule has 1 heterocycles. The molecule has 0 saturated carbocycles. The van der Waals surface area contributed by atoms with E-state index in [9.17, 15) is 0 Å². The lowest BCUT2D eigenvalue weighted by Crippen LogP contribution is -2.45. The molecule has 3 aliphatic rings. The van der Waals surface area contributed by atoms with Crippen LogP contribution in [0.4, 0.5) is 0 Å². The lowest BCUT2D eigenvalue weighted by Gasteiger charge is -2.51. The molecule has 0 radical (unpaired) electrons. The number of hydrogen-bond acceptors (Lipinski definition) is 1. The summed E-state index contributed by atoms with van der Waals surface area (Å²) in [7, 11) is 0. The average molecular weight is 293 g/mol. The fourth-order valence-corrected chi connectivity index (χ4v) is 5.22. The van der Waals surface area contributed by atoms with Gasteiger partial charge in [-0.25, -0.2) is 0 Å². The summed E-state index contributed by atoms with van der Waals surface area (Å²) < 4.78 is 0. The van der Waals surface area contributed by atoms with Crippen LogP contribution in [0.2, 0.25) is 0 Å². The van der Waals surface area contributed by atoms with Gasteiger partial charge in [-0.2, -0.15) is 0 Å². The van der Waals surface area contributed by atoms with Gasteiger partial charge in [-0.1, -0.05) is 62.4 Å². The molecule has 0 aromatic heterocycles. The van der Waals surface area contributed by atoms with Crippen molar-refractivity contribution in [2.45, 2.75) is 38.0 Å². The number of piperidine rings is 1. The molecule has 3 atom stereocenters. The van der Waals surface area contributed by atoms with E-state index in [1.807, 2.05) is 0 Å². The van der Waals surface area contributed by atoms with Crippen LogP contribution in [0, 0.1) is 17.8 Å². The van der Waals surface area contributed by atoms with Crippen LogP contribution < -0.4 is 5.32 Å². The Labute approximate surface area is 134 Å². The number of nitrogens with one attached hydrogen (secondary N) is 1. The lowest BCUT2D eigenvalue weighted by molar-refractivity contribution is 0.178. The molecule has 1 saturated heterocycles. The number of rotatable bonds is 1. The van der Waals surface area contributed by atoms with Crippen LogP contribution in [-0.4, -0.2) is 13.1 Å². The van der Waals surface area contributed by atoms with Gasteiger partial charge in [0.05, 0.1) is 0 Å². The molecule has 0 spiro atoms. The fourth-order valence-electron chi connectivity index (χ4n) is 5.22. The third-order valence-electron chi connectivity index (χ3n) is 6.33. The first-order chi connectivity index (χ1) is 10.7. The monoisotopic (exact) mass is 293 g/mol. The molecule has 2 aliphatic carbocycles. The van der Waals surface area contributed by atoms with Crippen LogP contribution >= 0.6 is 0 Å². The summed E-state index contributed by atoms with van der Waals surface area (Å²) in [6.45, 7) is 7.24. The molecular formula is C21H27N. The van der Waals surface area contributed by atoms with Gasteiger partial charge in [0, 0.05) is 0 Å². The molecule has 1 fully saturated rings. The third kappa shape index (κ3) is 2.10. The fraction of sp³-hybridized carbons (Fsp3) is 0.524. The van der Waals surface area contributed by atoms with Crippen LogP contribution in [0.3, 0.4) is 0 Å². The maximum absolute atomic E-state index is 3.53. The molecule has 1 nitrogen and oxygen atoms in total.